The van der Waals surface area contributed by atoms with Gasteiger partial charge in [0.15, 0.2) is 0 Å². The van der Waals surface area contributed by atoms with Crippen molar-refractivity contribution in [1.29, 1.82) is 0 Å². The molecule has 57 heavy (non-hydrogen) atoms. The lowest BCUT2D eigenvalue weighted by Gasteiger charge is -2.55. The van der Waals surface area contributed by atoms with E-state index in [1.165, 1.54) is 0 Å². The third-order valence-electron chi connectivity index (χ3n) is 12.3. The molecule has 22 heteroatoms. The highest BCUT2D eigenvalue weighted by molar-refractivity contribution is 6.72. The molecule has 2 atom stereocenters. The third-order valence-corrected chi connectivity index (χ3v) is 12.3. The summed E-state index contributed by atoms with van der Waals surface area (Å²) in [6.07, 6.45) is 0. The Morgan fingerprint density at radius 1 is 0.351 bits per heavy atom. The average Bonchev–Trinajstić information content (AvgIpc) is 3.79. The van der Waals surface area contributed by atoms with Crippen LogP contribution in [-0.2, 0) is 10.8 Å². The van der Waals surface area contributed by atoms with Crippen LogP contribution in [0.15, 0.2) is 37.4 Å². The third kappa shape index (κ3) is 4.45. The molecule has 0 saturated heterocycles. The Hall–Kier alpha value is -3.00. The molecule has 8 rings (SSSR count). The van der Waals surface area contributed by atoms with E-state index in [9.17, 15) is 0 Å². The molecule has 1 heterocycles. The first-order valence-corrected chi connectivity index (χ1v) is 17.0. The molecule has 4 aromatic carbocycles. The second-order valence-electron chi connectivity index (χ2n) is 14.7. The molecule has 0 amide bonds. The maximum Gasteiger partial charge on any atom is 0.141 e. The fourth-order valence-corrected chi connectivity index (χ4v) is 9.35. The highest BCUT2D eigenvalue weighted by Crippen LogP contribution is 2.68. The second-order valence-corrected chi connectivity index (χ2v) is 14.7. The van der Waals surface area contributed by atoms with Gasteiger partial charge in [0.25, 0.3) is 0 Å². The minimum atomic E-state index is -2.00. The Labute approximate surface area is 360 Å². The van der Waals surface area contributed by atoms with Crippen LogP contribution in [-0.4, -0.2) is 165 Å². The van der Waals surface area contributed by atoms with Crippen LogP contribution in [0, 0.1) is 0 Å². The maximum absolute atomic E-state index is 7.33. The van der Waals surface area contributed by atoms with E-state index in [0.29, 0.717) is 0 Å². The molecule has 3 aliphatic rings. The van der Waals surface area contributed by atoms with E-state index in [0.717, 1.165) is 0 Å². The van der Waals surface area contributed by atoms with Gasteiger partial charge in [-0.1, -0.05) is 61.6 Å². The number of hydrogen-bond donors (Lipinski definition) is 0. The van der Waals surface area contributed by atoms with E-state index < -0.39 is 10.8 Å². The predicted octanol–water partition coefficient (Wildman–Crippen LogP) is -12.4. The fraction of sp³-hybridized carbons (Fsp3) is 0.0857. The predicted molar refractivity (Wildman–Crippen MR) is 258 cm³/mol. The van der Waals surface area contributed by atoms with Crippen molar-refractivity contribution < 1.29 is 4.42 Å². The van der Waals surface area contributed by atoms with Gasteiger partial charge in [-0.25, -0.2) is 0 Å². The molecule has 0 aliphatic heterocycles. The molecule has 5 aromatic rings. The molecule has 212 valence electrons. The van der Waals surface area contributed by atoms with Crippen molar-refractivity contribution in [1.82, 2.24) is 0 Å². The normalized spacial score (nSPS) is 20.3. The van der Waals surface area contributed by atoms with Crippen LogP contribution in [0.3, 0.4) is 0 Å². The van der Waals surface area contributed by atoms with Crippen LogP contribution >= 0.6 is 0 Å². The van der Waals surface area contributed by atoms with Crippen molar-refractivity contribution >= 4 is 280 Å². The van der Waals surface area contributed by atoms with Crippen LogP contribution < -0.4 is 81.9 Å². The molecule has 1 nitrogen and oxygen atoms in total. The molecule has 0 saturated carbocycles. The van der Waals surface area contributed by atoms with Crippen LogP contribution in [0.4, 0.5) is 0 Å². The largest absolute Gasteiger partial charge is 0.456 e. The lowest BCUT2D eigenvalue weighted by atomic mass is 9.38. The zero-order chi connectivity index (χ0) is 42.2. The molecule has 0 bridgehead atoms. The summed E-state index contributed by atoms with van der Waals surface area (Å²) in [7, 11) is 141. The minimum Gasteiger partial charge on any atom is -0.456 e. The topological polar surface area (TPSA) is 13.1 Å². The van der Waals surface area contributed by atoms with Crippen molar-refractivity contribution in [3.8, 4) is 0 Å². The van der Waals surface area contributed by atoms with Gasteiger partial charge < -0.3 is 4.42 Å². The molecule has 1 aromatic heterocycles. The minimum absolute atomic E-state index is 0.00341. The summed E-state index contributed by atoms with van der Waals surface area (Å²) >= 11 is 0. The monoisotopic (exact) mass is 670 g/mol. The maximum atomic E-state index is 7.33. The lowest BCUT2D eigenvalue weighted by molar-refractivity contribution is 0.410. The number of hydrogen-bond acceptors (Lipinski definition) is 1. The van der Waals surface area contributed by atoms with Gasteiger partial charge in [0.05, 0.1) is 0 Å². The van der Waals surface area contributed by atoms with Crippen LogP contribution in [0.1, 0.15) is 34.9 Å². The van der Waals surface area contributed by atoms with E-state index in [4.69, 9.17) is 169 Å². The molecule has 2 unspecified atom stereocenters. The summed E-state index contributed by atoms with van der Waals surface area (Å²) < 4.78 is 6.60. The number of furan rings is 1. The smallest absolute Gasteiger partial charge is 0.141 e. The summed E-state index contributed by atoms with van der Waals surface area (Å²) in [5.41, 5.74) is -4.84. The van der Waals surface area contributed by atoms with Crippen LogP contribution in [0.2, 0.25) is 0 Å². The Balaban J connectivity index is 1.71. The van der Waals surface area contributed by atoms with E-state index in [-0.39, 0.29) is 176 Å². The molecule has 0 fully saturated rings. The summed E-state index contributed by atoms with van der Waals surface area (Å²) in [5.74, 6) is 0.0307. The second kappa shape index (κ2) is 12.8. The summed E-state index contributed by atoms with van der Waals surface area (Å²) in [6.45, 7) is 1.69. The first-order chi connectivity index (χ1) is 26.5. The standard InChI is InChI=1S/C35H3B21O/c1-34(10-7-17(42)12(37)5-6(16(41)24(49)21(46)15(5)40)30(7)57-31(10)29(54)32(34)55)35-8(18(43)26(51)28(53)33(35)56)2(3-9(35)19(44)25(50)20(45)11(3)36)4-13(38)22(47)27(52)23(48)14(4)39/h1H3. The van der Waals surface area contributed by atoms with Crippen LogP contribution in [0.5, 0.6) is 0 Å². The van der Waals surface area contributed by atoms with Gasteiger partial charge in [-0.3, -0.25) is 0 Å². The molecule has 42 radical (unpaired) electrons. The lowest BCUT2D eigenvalue weighted by Crippen LogP contribution is -2.58. The average molecular weight is 666 g/mol. The van der Waals surface area contributed by atoms with Gasteiger partial charge in [0, 0.05) is 27.2 Å². The zero-order valence-corrected chi connectivity index (χ0v) is 30.5. The van der Waals surface area contributed by atoms with E-state index >= 15 is 0 Å². The summed E-state index contributed by atoms with van der Waals surface area (Å²) in [4.78, 5) is 0. The van der Waals surface area contributed by atoms with Gasteiger partial charge in [0.1, 0.15) is 176 Å². The van der Waals surface area contributed by atoms with Gasteiger partial charge >= 0.3 is 0 Å². The van der Waals surface area contributed by atoms with Crippen molar-refractivity contribution in [2.24, 2.45) is 0 Å². The molecule has 3 aliphatic carbocycles. The fourth-order valence-electron chi connectivity index (χ4n) is 9.35. The Morgan fingerprint density at radius 2 is 0.772 bits per heavy atom. The molecule has 0 spiro atoms. The quantitative estimate of drug-likeness (QED) is 0.171. The summed E-state index contributed by atoms with van der Waals surface area (Å²) in [5, 5.41) is 0.559. The van der Waals surface area contributed by atoms with Crippen molar-refractivity contribution in [3.63, 3.8) is 0 Å². The molecular formula is C35H3B21O. The molecule has 0 N–H and O–H groups in total. The van der Waals surface area contributed by atoms with Gasteiger partial charge in [-0.2, -0.15) is 0 Å². The van der Waals surface area contributed by atoms with Crippen molar-refractivity contribution in [2.75, 3.05) is 0 Å². The van der Waals surface area contributed by atoms with Crippen molar-refractivity contribution in [2.45, 2.75) is 17.8 Å². The SMILES string of the molecule is [B]C1=C([B])C2=C(c3c([B])c([B])c([B])c([B])c3[B])c3c([B])c([B])c([B])c([B])c3C2(C2(C)C([B])=C([B])c3oc4c(c([B])c([B])c5c([B])c([B])c([B])c([B])c54)c32)C([B])=C1[B]. The highest BCUT2D eigenvalue weighted by Gasteiger charge is 2.64. The first kappa shape index (κ1) is 40.8. The Bertz CT molecular complexity index is 2960. The van der Waals surface area contributed by atoms with Gasteiger partial charge in [0.2, 0.25) is 0 Å². The Morgan fingerprint density at radius 3 is 1.32 bits per heavy atom. The van der Waals surface area contributed by atoms with Crippen LogP contribution in [0.25, 0.3) is 32.8 Å². The molecular weight excluding hydrogens is 663 g/mol. The van der Waals surface area contributed by atoms with E-state index in [1.54, 1.807) is 6.92 Å². The zero-order valence-electron chi connectivity index (χ0n) is 30.5. The van der Waals surface area contributed by atoms with Gasteiger partial charge in [-0.05, 0) is 33.2 Å². The highest BCUT2D eigenvalue weighted by atomic mass is 16.3. The number of allylic oxidation sites excluding steroid dienone is 6. The first-order valence-electron chi connectivity index (χ1n) is 17.0. The van der Waals surface area contributed by atoms with E-state index in [2.05, 4.69) is 0 Å². The number of rotatable bonds is 2. The summed E-state index contributed by atoms with van der Waals surface area (Å²) in [6, 6.07) is 0. The number of benzene rings is 4. The Kier molecular flexibility index (Phi) is 9.12. The van der Waals surface area contributed by atoms with Gasteiger partial charge in [-0.15, -0.1) is 60.1 Å². The van der Waals surface area contributed by atoms with Crippen molar-refractivity contribution in [3.05, 3.63) is 60.9 Å². The number of fused-ring (bicyclic) bond motifs is 8. The van der Waals surface area contributed by atoms with E-state index in [1.807, 2.05) is 0 Å².